The van der Waals surface area contributed by atoms with Crippen molar-refractivity contribution in [1.82, 2.24) is 29.8 Å². The minimum Gasteiger partial charge on any atom is -0.366 e. The maximum Gasteiger partial charge on any atom is 0.321 e. The zero-order chi connectivity index (χ0) is 31.7. The summed E-state index contributed by atoms with van der Waals surface area (Å²) in [5.41, 5.74) is 5.95. The van der Waals surface area contributed by atoms with Crippen molar-refractivity contribution >= 4 is 29.2 Å². The van der Waals surface area contributed by atoms with Crippen LogP contribution in [-0.4, -0.2) is 96.2 Å². The zero-order valence-electron chi connectivity index (χ0n) is 26.8. The van der Waals surface area contributed by atoms with Crippen molar-refractivity contribution in [2.75, 3.05) is 64.1 Å². The Morgan fingerprint density at radius 3 is 2.29 bits per heavy atom. The van der Waals surface area contributed by atoms with E-state index in [1.807, 2.05) is 53.4 Å². The van der Waals surface area contributed by atoms with E-state index in [1.54, 1.807) is 19.0 Å². The molecule has 3 aromatic rings. The van der Waals surface area contributed by atoms with Crippen LogP contribution in [0.5, 0.6) is 0 Å². The lowest BCUT2D eigenvalue weighted by Crippen LogP contribution is -2.48. The third-order valence-electron chi connectivity index (χ3n) is 9.08. The molecule has 1 aliphatic carbocycles. The van der Waals surface area contributed by atoms with Crippen molar-refractivity contribution in [2.45, 2.75) is 45.3 Å². The molecule has 1 aromatic heterocycles. The molecule has 45 heavy (non-hydrogen) atoms. The van der Waals surface area contributed by atoms with Crippen molar-refractivity contribution in [3.63, 3.8) is 0 Å². The first-order valence-corrected chi connectivity index (χ1v) is 15.9. The number of benzene rings is 2. The Hall–Kier alpha value is -4.38. The summed E-state index contributed by atoms with van der Waals surface area (Å²) >= 11 is 0. The van der Waals surface area contributed by atoms with Gasteiger partial charge in [-0.15, -0.1) is 0 Å². The zero-order valence-corrected chi connectivity index (χ0v) is 26.8. The fourth-order valence-corrected chi connectivity index (χ4v) is 6.21. The number of nitrogens with zero attached hydrogens (tertiary/aromatic N) is 6. The number of piperazine rings is 1. The van der Waals surface area contributed by atoms with Gasteiger partial charge >= 0.3 is 6.03 Å². The molecular formula is C34H44N8O3. The van der Waals surface area contributed by atoms with Gasteiger partial charge in [0.15, 0.2) is 5.69 Å². The number of aromatic nitrogens is 2. The van der Waals surface area contributed by atoms with Gasteiger partial charge < -0.3 is 30.2 Å². The first kappa shape index (κ1) is 30.6. The molecule has 2 fully saturated rings. The van der Waals surface area contributed by atoms with Gasteiger partial charge in [0.1, 0.15) is 0 Å². The second kappa shape index (κ2) is 12.9. The van der Waals surface area contributed by atoms with Gasteiger partial charge in [0, 0.05) is 101 Å². The summed E-state index contributed by atoms with van der Waals surface area (Å²) in [6.45, 7) is 7.97. The second-order valence-corrected chi connectivity index (χ2v) is 13.0. The van der Waals surface area contributed by atoms with Crippen molar-refractivity contribution in [2.24, 2.45) is 5.92 Å². The van der Waals surface area contributed by atoms with Gasteiger partial charge in [0.05, 0.1) is 0 Å². The normalized spacial score (nSPS) is 18.4. The van der Waals surface area contributed by atoms with E-state index in [0.717, 1.165) is 54.4 Å². The largest absolute Gasteiger partial charge is 0.366 e. The number of amides is 4. The second-order valence-electron chi connectivity index (χ2n) is 13.0. The number of hydrogen-bond donors (Lipinski definition) is 2. The summed E-state index contributed by atoms with van der Waals surface area (Å²) < 4.78 is 2.08. The molecule has 1 saturated carbocycles. The molecule has 1 saturated heterocycles. The summed E-state index contributed by atoms with van der Waals surface area (Å²) in [4.78, 5) is 46.6. The van der Waals surface area contributed by atoms with Gasteiger partial charge in [-0.2, -0.15) is 5.10 Å². The molecular weight excluding hydrogens is 568 g/mol. The molecule has 1 atom stereocenters. The van der Waals surface area contributed by atoms with E-state index in [2.05, 4.69) is 39.1 Å². The topological polar surface area (TPSA) is 106 Å². The quantitative estimate of drug-likeness (QED) is 0.401. The Bertz CT molecular complexity index is 1540. The van der Waals surface area contributed by atoms with E-state index >= 15 is 0 Å². The Balaban J connectivity index is 1.13. The molecule has 0 radical (unpaired) electrons. The molecule has 238 valence electrons. The fourth-order valence-electron chi connectivity index (χ4n) is 6.21. The van der Waals surface area contributed by atoms with Crippen molar-refractivity contribution in [1.29, 1.82) is 0 Å². The number of urea groups is 1. The van der Waals surface area contributed by atoms with Crippen molar-refractivity contribution < 1.29 is 14.4 Å². The molecule has 2 aliphatic heterocycles. The smallest absolute Gasteiger partial charge is 0.321 e. The molecule has 11 nitrogen and oxygen atoms in total. The highest BCUT2D eigenvalue weighted by molar-refractivity contribution is 5.95. The monoisotopic (exact) mass is 612 g/mol. The summed E-state index contributed by atoms with van der Waals surface area (Å²) in [5.74, 6) is 0.612. The Labute approximate surface area is 265 Å². The number of likely N-dealkylation sites (N-methyl/N-ethyl adjacent to an activating group) is 1. The van der Waals surface area contributed by atoms with Crippen LogP contribution in [0, 0.1) is 5.92 Å². The number of carbonyl (C=O) groups excluding carboxylic acids is 3. The maximum atomic E-state index is 13.6. The van der Waals surface area contributed by atoms with Crippen LogP contribution in [-0.2, 0) is 19.6 Å². The minimum atomic E-state index is -0.186. The molecule has 4 amide bonds. The summed E-state index contributed by atoms with van der Waals surface area (Å²) in [6.07, 6.45) is 2.42. The lowest BCUT2D eigenvalue weighted by atomic mass is 9.95. The minimum absolute atomic E-state index is 0.0267. The van der Waals surface area contributed by atoms with Crippen LogP contribution in [0.3, 0.4) is 0 Å². The highest BCUT2D eigenvalue weighted by Crippen LogP contribution is 2.37. The van der Waals surface area contributed by atoms with Gasteiger partial charge in [-0.25, -0.2) is 4.79 Å². The van der Waals surface area contributed by atoms with Crippen molar-refractivity contribution in [3.8, 4) is 0 Å². The standard InChI is InChI=1S/C34H44N8O3/c1-23-20-41(28-13-9-26(10-14-28)33(44)38(2)3)22-29-30(37-42(31(23)29)21-25-5-6-25)32(43)35-19-24-7-11-27(12-8-24)36-34(45)40-17-15-39(4)16-18-40/h7-14,23,25H,5-6,15-22H2,1-4H3,(H,35,43)(H,36,45)/t23-/m0/s1. The van der Waals surface area contributed by atoms with E-state index in [9.17, 15) is 14.4 Å². The van der Waals surface area contributed by atoms with E-state index in [-0.39, 0.29) is 23.8 Å². The fraction of sp³-hybridized carbons (Fsp3) is 0.471. The van der Waals surface area contributed by atoms with E-state index in [1.165, 1.54) is 12.8 Å². The number of carbonyl (C=O) groups is 3. The molecule has 11 heteroatoms. The van der Waals surface area contributed by atoms with Crippen LogP contribution in [0.25, 0.3) is 0 Å². The SMILES string of the molecule is C[C@H]1CN(c2ccc(C(=O)N(C)C)cc2)Cc2c(C(=O)NCc3ccc(NC(=O)N4CCN(C)CC4)cc3)nn(CC3CC3)c21. The van der Waals surface area contributed by atoms with Crippen LogP contribution < -0.4 is 15.5 Å². The van der Waals surface area contributed by atoms with E-state index in [4.69, 9.17) is 5.10 Å². The Kier molecular flexibility index (Phi) is 8.80. The average molecular weight is 613 g/mol. The van der Waals surface area contributed by atoms with Crippen molar-refractivity contribution in [3.05, 3.63) is 76.6 Å². The highest BCUT2D eigenvalue weighted by atomic mass is 16.2. The van der Waals surface area contributed by atoms with Crippen LogP contribution in [0.15, 0.2) is 48.5 Å². The Morgan fingerprint density at radius 2 is 1.64 bits per heavy atom. The predicted molar refractivity (Wildman–Crippen MR) is 175 cm³/mol. The third kappa shape index (κ3) is 6.98. The van der Waals surface area contributed by atoms with Gasteiger partial charge in [-0.3, -0.25) is 14.3 Å². The molecule has 0 unspecified atom stereocenters. The first-order chi connectivity index (χ1) is 21.7. The number of nitrogens with one attached hydrogen (secondary N) is 2. The predicted octanol–water partition coefficient (Wildman–Crippen LogP) is 3.83. The van der Waals surface area contributed by atoms with Crippen LogP contribution >= 0.6 is 0 Å². The highest BCUT2D eigenvalue weighted by Gasteiger charge is 2.34. The molecule has 2 N–H and O–H groups in total. The molecule has 2 aromatic carbocycles. The number of anilines is 2. The molecule has 3 heterocycles. The van der Waals surface area contributed by atoms with Gasteiger partial charge in [0.25, 0.3) is 11.8 Å². The van der Waals surface area contributed by atoms with E-state index in [0.29, 0.717) is 43.4 Å². The summed E-state index contributed by atoms with van der Waals surface area (Å²) in [5, 5.41) is 11.0. The summed E-state index contributed by atoms with van der Waals surface area (Å²) in [6, 6.07) is 15.2. The van der Waals surface area contributed by atoms with Crippen LogP contribution in [0.1, 0.15) is 63.4 Å². The molecule has 0 spiro atoms. The maximum absolute atomic E-state index is 13.6. The van der Waals surface area contributed by atoms with Crippen LogP contribution in [0.4, 0.5) is 16.2 Å². The van der Waals surface area contributed by atoms with E-state index < -0.39 is 0 Å². The Morgan fingerprint density at radius 1 is 0.956 bits per heavy atom. The lowest BCUT2D eigenvalue weighted by molar-refractivity contribution is 0.0827. The van der Waals surface area contributed by atoms with Crippen LogP contribution in [0.2, 0.25) is 0 Å². The van der Waals surface area contributed by atoms with Gasteiger partial charge in [-0.05, 0) is 67.8 Å². The van der Waals surface area contributed by atoms with Gasteiger partial charge in [0.2, 0.25) is 0 Å². The number of fused-ring (bicyclic) bond motifs is 1. The lowest BCUT2D eigenvalue weighted by Gasteiger charge is -2.34. The van der Waals surface area contributed by atoms with Gasteiger partial charge in [-0.1, -0.05) is 19.1 Å². The first-order valence-electron chi connectivity index (χ1n) is 15.9. The number of rotatable bonds is 8. The summed E-state index contributed by atoms with van der Waals surface area (Å²) in [7, 11) is 5.56. The molecule has 0 bridgehead atoms. The average Bonchev–Trinajstić information content (AvgIpc) is 3.78. The molecule has 3 aliphatic rings. The molecule has 6 rings (SSSR count). The third-order valence-corrected chi connectivity index (χ3v) is 9.08. The number of hydrogen-bond acceptors (Lipinski definition) is 6.